The van der Waals surface area contributed by atoms with E-state index in [-0.39, 0.29) is 5.75 Å². The average molecular weight is 283 g/mol. The highest BCUT2D eigenvalue weighted by Gasteiger charge is 2.07. The topological polar surface area (TPSA) is 75.2 Å². The van der Waals surface area contributed by atoms with Crippen LogP contribution in [0.4, 0.5) is 0 Å². The third-order valence-corrected chi connectivity index (χ3v) is 3.21. The van der Waals surface area contributed by atoms with E-state index < -0.39 is 0 Å². The Morgan fingerprint density at radius 2 is 1.81 bits per heavy atom. The van der Waals surface area contributed by atoms with Crippen molar-refractivity contribution < 1.29 is 19.5 Å². The van der Waals surface area contributed by atoms with Gasteiger partial charge < -0.3 is 19.5 Å². The van der Waals surface area contributed by atoms with Gasteiger partial charge in [0.25, 0.3) is 0 Å². The lowest BCUT2D eigenvalue weighted by atomic mass is 10.1. The molecule has 21 heavy (non-hydrogen) atoms. The maximum Gasteiger partial charge on any atom is 0.137 e. The van der Waals surface area contributed by atoms with Gasteiger partial charge in [-0.1, -0.05) is 5.16 Å². The Balaban J connectivity index is 2.25. The van der Waals surface area contributed by atoms with Gasteiger partial charge in [0.05, 0.1) is 12.5 Å². The van der Waals surface area contributed by atoms with Crippen molar-refractivity contribution in [2.45, 2.75) is 0 Å². The van der Waals surface area contributed by atoms with Crippen molar-refractivity contribution >= 4 is 11.0 Å². The summed E-state index contributed by atoms with van der Waals surface area (Å²) in [6, 6.07) is 13.5. The van der Waals surface area contributed by atoms with Gasteiger partial charge in [-0.3, -0.25) is 0 Å². The molecule has 0 spiro atoms. The molecule has 0 aliphatic carbocycles. The van der Waals surface area contributed by atoms with Crippen molar-refractivity contribution in [1.29, 1.82) is 0 Å². The van der Waals surface area contributed by atoms with Crippen LogP contribution in [0.15, 0.2) is 58.1 Å². The van der Waals surface area contributed by atoms with Crippen molar-refractivity contribution in [3.8, 4) is 22.8 Å². The first-order valence-electron chi connectivity index (χ1n) is 6.30. The van der Waals surface area contributed by atoms with E-state index in [1.165, 1.54) is 0 Å². The van der Waals surface area contributed by atoms with Crippen molar-refractivity contribution in [1.82, 2.24) is 0 Å². The third-order valence-electron chi connectivity index (χ3n) is 3.21. The molecule has 0 radical (unpaired) electrons. The normalized spacial score (nSPS) is 11.8. The van der Waals surface area contributed by atoms with E-state index in [1.807, 2.05) is 0 Å². The number of ether oxygens (including phenoxy) is 1. The fraction of sp³-hybridized carbons (Fsp3) is 0.0625. The van der Waals surface area contributed by atoms with E-state index in [0.717, 1.165) is 5.56 Å². The van der Waals surface area contributed by atoms with Crippen LogP contribution < -0.4 is 10.1 Å². The van der Waals surface area contributed by atoms with Crippen LogP contribution in [0.3, 0.4) is 0 Å². The number of aromatic hydroxyl groups is 1. The smallest absolute Gasteiger partial charge is 0.137 e. The predicted octanol–water partition coefficient (Wildman–Crippen LogP) is 3.10. The second-order valence-corrected chi connectivity index (χ2v) is 4.50. The average Bonchev–Trinajstić information content (AvgIpc) is 2.54. The maximum absolute atomic E-state index is 9.33. The summed E-state index contributed by atoms with van der Waals surface area (Å²) >= 11 is 0. The van der Waals surface area contributed by atoms with Gasteiger partial charge in [-0.15, -0.1) is 0 Å². The summed E-state index contributed by atoms with van der Waals surface area (Å²) in [5.74, 6) is 1.37. The Morgan fingerprint density at radius 1 is 1.05 bits per heavy atom. The zero-order valence-corrected chi connectivity index (χ0v) is 11.3. The summed E-state index contributed by atoms with van der Waals surface area (Å²) in [6.45, 7) is 0. The van der Waals surface area contributed by atoms with Crippen molar-refractivity contribution in [3.05, 3.63) is 53.9 Å². The van der Waals surface area contributed by atoms with Crippen LogP contribution in [-0.2, 0) is 0 Å². The maximum atomic E-state index is 9.33. The molecule has 0 saturated carbocycles. The summed E-state index contributed by atoms with van der Waals surface area (Å²) < 4.78 is 11.0. The standard InChI is InChI=1S/C16H13NO4/c1-20-12-6-7-15-13(8-12)14(17-19)9-16(21-15)10-2-4-11(18)5-3-10/h2-9,18-19H,1H3. The first-order valence-corrected chi connectivity index (χ1v) is 6.30. The molecule has 0 aliphatic heterocycles. The molecular weight excluding hydrogens is 270 g/mol. The molecule has 2 aromatic carbocycles. The van der Waals surface area contributed by atoms with Crippen LogP contribution in [0, 0.1) is 0 Å². The molecule has 0 saturated heterocycles. The van der Waals surface area contributed by atoms with Gasteiger partial charge in [-0.25, -0.2) is 0 Å². The minimum atomic E-state index is 0.177. The molecule has 1 heterocycles. The van der Waals surface area contributed by atoms with Crippen LogP contribution in [0.5, 0.6) is 11.5 Å². The molecule has 0 fully saturated rings. The Morgan fingerprint density at radius 3 is 2.48 bits per heavy atom. The predicted molar refractivity (Wildman–Crippen MR) is 77.2 cm³/mol. The number of hydrogen-bond acceptors (Lipinski definition) is 5. The lowest BCUT2D eigenvalue weighted by Gasteiger charge is -2.06. The summed E-state index contributed by atoms with van der Waals surface area (Å²) in [6.07, 6.45) is 0. The van der Waals surface area contributed by atoms with Crippen LogP contribution in [0.1, 0.15) is 0 Å². The monoisotopic (exact) mass is 283 g/mol. The van der Waals surface area contributed by atoms with E-state index >= 15 is 0 Å². The third kappa shape index (κ3) is 2.41. The largest absolute Gasteiger partial charge is 0.508 e. The highest BCUT2D eigenvalue weighted by molar-refractivity contribution is 5.80. The fourth-order valence-corrected chi connectivity index (χ4v) is 2.13. The van der Waals surface area contributed by atoms with E-state index in [2.05, 4.69) is 5.16 Å². The number of benzene rings is 2. The van der Waals surface area contributed by atoms with E-state index in [1.54, 1.807) is 55.6 Å². The number of methoxy groups -OCH3 is 1. The lowest BCUT2D eigenvalue weighted by Crippen LogP contribution is -2.03. The van der Waals surface area contributed by atoms with Crippen LogP contribution in [0.2, 0.25) is 0 Å². The van der Waals surface area contributed by atoms with Crippen molar-refractivity contribution in [2.75, 3.05) is 7.11 Å². The second kappa shape index (κ2) is 5.20. The Bertz CT molecular complexity index is 850. The van der Waals surface area contributed by atoms with Gasteiger partial charge in [-0.2, -0.15) is 0 Å². The molecule has 1 aromatic heterocycles. The lowest BCUT2D eigenvalue weighted by molar-refractivity contribution is 0.302. The van der Waals surface area contributed by atoms with E-state index in [9.17, 15) is 10.3 Å². The number of hydrogen-bond donors (Lipinski definition) is 2. The molecule has 0 bridgehead atoms. The fourth-order valence-electron chi connectivity index (χ4n) is 2.13. The van der Waals surface area contributed by atoms with Gasteiger partial charge >= 0.3 is 0 Å². The summed E-state index contributed by atoms with van der Waals surface area (Å²) in [5.41, 5.74) is 1.35. The van der Waals surface area contributed by atoms with E-state index in [0.29, 0.717) is 27.8 Å². The highest BCUT2D eigenvalue weighted by Crippen LogP contribution is 2.25. The molecule has 0 aliphatic rings. The number of phenolic OH excluding ortho intramolecular Hbond substituents is 1. The first kappa shape index (κ1) is 13.1. The molecule has 5 heteroatoms. The summed E-state index contributed by atoms with van der Waals surface area (Å²) in [7, 11) is 1.57. The number of phenols is 1. The number of rotatable bonds is 2. The molecule has 2 N–H and O–H groups in total. The van der Waals surface area contributed by atoms with Gasteiger partial charge in [0.1, 0.15) is 28.2 Å². The molecular formula is C16H13NO4. The van der Waals surface area contributed by atoms with Gasteiger partial charge in [0.15, 0.2) is 0 Å². The van der Waals surface area contributed by atoms with Crippen LogP contribution in [-0.4, -0.2) is 17.4 Å². The molecule has 5 nitrogen and oxygen atoms in total. The second-order valence-electron chi connectivity index (χ2n) is 4.50. The van der Waals surface area contributed by atoms with Crippen molar-refractivity contribution in [2.24, 2.45) is 5.16 Å². The molecule has 3 aromatic rings. The SMILES string of the molecule is COc1ccc2oc(-c3ccc(O)cc3)cc(=NO)c2c1. The Kier molecular flexibility index (Phi) is 3.23. The van der Waals surface area contributed by atoms with Crippen LogP contribution >= 0.6 is 0 Å². The molecule has 0 atom stereocenters. The number of fused-ring (bicyclic) bond motifs is 1. The quantitative estimate of drug-likeness (QED) is 0.559. The minimum Gasteiger partial charge on any atom is -0.508 e. The Hall–Kier alpha value is -2.95. The molecule has 0 unspecified atom stereocenters. The first-order chi connectivity index (χ1) is 10.2. The van der Waals surface area contributed by atoms with E-state index in [4.69, 9.17) is 9.15 Å². The van der Waals surface area contributed by atoms with Crippen LogP contribution in [0.25, 0.3) is 22.3 Å². The molecule has 3 rings (SSSR count). The van der Waals surface area contributed by atoms with Gasteiger partial charge in [0.2, 0.25) is 0 Å². The molecule has 0 amide bonds. The Labute approximate surface area is 120 Å². The highest BCUT2D eigenvalue weighted by atomic mass is 16.5. The van der Waals surface area contributed by atoms with Gasteiger partial charge in [0, 0.05) is 11.6 Å². The zero-order chi connectivity index (χ0) is 14.8. The zero-order valence-electron chi connectivity index (χ0n) is 11.3. The van der Waals surface area contributed by atoms with Gasteiger partial charge in [-0.05, 0) is 42.5 Å². The minimum absolute atomic E-state index is 0.177. The summed E-state index contributed by atoms with van der Waals surface area (Å²) in [5, 5.41) is 22.9. The summed E-state index contributed by atoms with van der Waals surface area (Å²) in [4.78, 5) is 0. The van der Waals surface area contributed by atoms with Crippen molar-refractivity contribution in [3.63, 3.8) is 0 Å². The molecule has 106 valence electrons. The number of nitrogens with zero attached hydrogens (tertiary/aromatic N) is 1.